The van der Waals surface area contributed by atoms with E-state index < -0.39 is 0 Å². The Balaban J connectivity index is 2.00. The van der Waals surface area contributed by atoms with E-state index in [2.05, 4.69) is 35.6 Å². The second-order valence-corrected chi connectivity index (χ2v) is 5.31. The van der Waals surface area contributed by atoms with Gasteiger partial charge in [0.05, 0.1) is 14.2 Å². The number of hydrogen-bond donors (Lipinski definition) is 1. The van der Waals surface area contributed by atoms with Crippen molar-refractivity contribution >= 4 is 0 Å². The lowest BCUT2D eigenvalue weighted by Gasteiger charge is -2.30. The van der Waals surface area contributed by atoms with E-state index in [0.29, 0.717) is 0 Å². The van der Waals surface area contributed by atoms with E-state index in [0.717, 1.165) is 30.9 Å². The van der Waals surface area contributed by atoms with Gasteiger partial charge in [-0.2, -0.15) is 0 Å². The Morgan fingerprint density at radius 3 is 2.43 bits per heavy atom. The van der Waals surface area contributed by atoms with Gasteiger partial charge in [0.25, 0.3) is 0 Å². The zero-order chi connectivity index (χ0) is 14.7. The van der Waals surface area contributed by atoms with Gasteiger partial charge in [0.2, 0.25) is 0 Å². The lowest BCUT2D eigenvalue weighted by atomic mass is 9.89. The van der Waals surface area contributed by atoms with Gasteiger partial charge >= 0.3 is 0 Å². The molecule has 0 radical (unpaired) electrons. The van der Waals surface area contributed by atoms with E-state index in [4.69, 9.17) is 9.47 Å². The van der Waals surface area contributed by atoms with E-state index in [1.54, 1.807) is 14.2 Å². The summed E-state index contributed by atoms with van der Waals surface area (Å²) >= 11 is 0. The quantitative estimate of drug-likeness (QED) is 0.935. The minimum absolute atomic E-state index is 0.265. The Morgan fingerprint density at radius 1 is 1.00 bits per heavy atom. The molecule has 2 aromatic rings. The Bertz CT molecular complexity index is 610. The molecule has 0 aromatic heterocycles. The highest BCUT2D eigenvalue weighted by Gasteiger charge is 2.26. The molecule has 0 amide bonds. The van der Waals surface area contributed by atoms with Crippen LogP contribution in [0.4, 0.5) is 0 Å². The van der Waals surface area contributed by atoms with E-state index in [-0.39, 0.29) is 6.04 Å². The SMILES string of the molecule is COc1ccc(OC)c2c1CCN[C@@H]2Cc1ccccc1. The predicted molar refractivity (Wildman–Crippen MR) is 84.1 cm³/mol. The van der Waals surface area contributed by atoms with Crippen LogP contribution in [0.15, 0.2) is 42.5 Å². The molecule has 0 fully saturated rings. The highest BCUT2D eigenvalue weighted by Crippen LogP contribution is 2.38. The first-order chi connectivity index (χ1) is 10.3. The molecule has 3 nitrogen and oxygen atoms in total. The van der Waals surface area contributed by atoms with E-state index in [9.17, 15) is 0 Å². The van der Waals surface area contributed by atoms with Gasteiger partial charge in [0.15, 0.2) is 0 Å². The van der Waals surface area contributed by atoms with Gasteiger partial charge in [-0.05, 0) is 37.1 Å². The number of benzene rings is 2. The fourth-order valence-corrected chi connectivity index (χ4v) is 3.13. The second-order valence-electron chi connectivity index (χ2n) is 5.31. The maximum atomic E-state index is 5.58. The summed E-state index contributed by atoms with van der Waals surface area (Å²) < 4.78 is 11.1. The molecule has 0 spiro atoms. The second kappa shape index (κ2) is 6.19. The molecule has 1 heterocycles. The minimum Gasteiger partial charge on any atom is -0.496 e. The number of nitrogens with one attached hydrogen (secondary N) is 1. The summed E-state index contributed by atoms with van der Waals surface area (Å²) in [5, 5.41) is 3.61. The van der Waals surface area contributed by atoms with Crippen LogP contribution in [0, 0.1) is 0 Å². The molecular formula is C18H21NO2. The van der Waals surface area contributed by atoms with Gasteiger partial charge in [-0.15, -0.1) is 0 Å². The summed E-state index contributed by atoms with van der Waals surface area (Å²) in [7, 11) is 3.46. The maximum Gasteiger partial charge on any atom is 0.124 e. The monoisotopic (exact) mass is 283 g/mol. The van der Waals surface area contributed by atoms with Crippen LogP contribution < -0.4 is 14.8 Å². The summed E-state index contributed by atoms with van der Waals surface area (Å²) in [5.41, 5.74) is 3.84. The molecule has 0 bridgehead atoms. The van der Waals surface area contributed by atoms with E-state index >= 15 is 0 Å². The molecule has 1 aliphatic rings. The van der Waals surface area contributed by atoms with Gasteiger partial charge in [-0.1, -0.05) is 30.3 Å². The summed E-state index contributed by atoms with van der Waals surface area (Å²) in [5.74, 6) is 1.91. The van der Waals surface area contributed by atoms with Crippen molar-refractivity contribution in [3.63, 3.8) is 0 Å². The molecule has 1 atom stereocenters. The van der Waals surface area contributed by atoms with Crippen molar-refractivity contribution in [2.45, 2.75) is 18.9 Å². The average Bonchev–Trinajstić information content (AvgIpc) is 2.55. The van der Waals surface area contributed by atoms with Crippen molar-refractivity contribution in [3.05, 3.63) is 59.2 Å². The van der Waals surface area contributed by atoms with Crippen LogP contribution >= 0.6 is 0 Å². The lowest BCUT2D eigenvalue weighted by Crippen LogP contribution is -2.32. The van der Waals surface area contributed by atoms with E-state index in [1.165, 1.54) is 16.7 Å². The number of fused-ring (bicyclic) bond motifs is 1. The Kier molecular flexibility index (Phi) is 4.11. The topological polar surface area (TPSA) is 30.5 Å². The molecule has 110 valence electrons. The molecular weight excluding hydrogens is 262 g/mol. The molecule has 0 aliphatic carbocycles. The van der Waals surface area contributed by atoms with Crippen LogP contribution in [0.3, 0.4) is 0 Å². The van der Waals surface area contributed by atoms with Crippen LogP contribution in [0.25, 0.3) is 0 Å². The van der Waals surface area contributed by atoms with Crippen molar-refractivity contribution in [2.75, 3.05) is 20.8 Å². The largest absolute Gasteiger partial charge is 0.496 e. The predicted octanol–water partition coefficient (Wildman–Crippen LogP) is 3.13. The standard InChI is InChI=1S/C18H21NO2/c1-20-16-8-9-17(21-2)18-14(16)10-11-19-15(18)12-13-6-4-3-5-7-13/h3-9,15,19H,10-12H2,1-2H3/t15-/m1/s1. The van der Waals surface area contributed by atoms with Gasteiger partial charge in [-0.25, -0.2) is 0 Å². The van der Waals surface area contributed by atoms with Crippen molar-refractivity contribution < 1.29 is 9.47 Å². The first kappa shape index (κ1) is 14.0. The molecule has 1 aliphatic heterocycles. The van der Waals surface area contributed by atoms with Gasteiger partial charge < -0.3 is 14.8 Å². The highest BCUT2D eigenvalue weighted by atomic mass is 16.5. The molecule has 2 aromatic carbocycles. The molecule has 1 N–H and O–H groups in total. The van der Waals surface area contributed by atoms with Crippen LogP contribution in [0.1, 0.15) is 22.7 Å². The van der Waals surface area contributed by atoms with Crippen LogP contribution in [-0.2, 0) is 12.8 Å². The van der Waals surface area contributed by atoms with Gasteiger partial charge in [0.1, 0.15) is 11.5 Å². The highest BCUT2D eigenvalue weighted by molar-refractivity contribution is 5.52. The molecule has 0 saturated heterocycles. The third kappa shape index (κ3) is 2.74. The van der Waals surface area contributed by atoms with Crippen molar-refractivity contribution in [1.29, 1.82) is 0 Å². The summed E-state index contributed by atoms with van der Waals surface area (Å²) in [6, 6.07) is 14.8. The fourth-order valence-electron chi connectivity index (χ4n) is 3.13. The van der Waals surface area contributed by atoms with Gasteiger partial charge in [0, 0.05) is 17.2 Å². The van der Waals surface area contributed by atoms with Gasteiger partial charge in [-0.3, -0.25) is 0 Å². The van der Waals surface area contributed by atoms with E-state index in [1.807, 2.05) is 12.1 Å². The fraction of sp³-hybridized carbons (Fsp3) is 0.333. The minimum atomic E-state index is 0.265. The molecule has 3 heteroatoms. The Hall–Kier alpha value is -2.00. The molecule has 0 saturated carbocycles. The smallest absolute Gasteiger partial charge is 0.124 e. The zero-order valence-corrected chi connectivity index (χ0v) is 12.6. The number of rotatable bonds is 4. The summed E-state index contributed by atoms with van der Waals surface area (Å²) in [6.45, 7) is 0.966. The van der Waals surface area contributed by atoms with Crippen LogP contribution in [0.2, 0.25) is 0 Å². The zero-order valence-electron chi connectivity index (χ0n) is 12.6. The Labute approximate surface area is 125 Å². The first-order valence-corrected chi connectivity index (χ1v) is 7.34. The normalized spacial score (nSPS) is 17.1. The van der Waals surface area contributed by atoms with Crippen molar-refractivity contribution in [1.82, 2.24) is 5.32 Å². The average molecular weight is 283 g/mol. The maximum absolute atomic E-state index is 5.58. The number of methoxy groups -OCH3 is 2. The van der Waals surface area contributed by atoms with Crippen molar-refractivity contribution in [2.24, 2.45) is 0 Å². The Morgan fingerprint density at radius 2 is 1.71 bits per heavy atom. The number of hydrogen-bond acceptors (Lipinski definition) is 3. The molecule has 3 rings (SSSR count). The first-order valence-electron chi connectivity index (χ1n) is 7.34. The summed E-state index contributed by atoms with van der Waals surface area (Å²) in [4.78, 5) is 0. The van der Waals surface area contributed by atoms with Crippen molar-refractivity contribution in [3.8, 4) is 11.5 Å². The third-order valence-electron chi connectivity index (χ3n) is 4.11. The third-order valence-corrected chi connectivity index (χ3v) is 4.11. The van der Waals surface area contributed by atoms with Crippen LogP contribution in [-0.4, -0.2) is 20.8 Å². The molecule has 21 heavy (non-hydrogen) atoms. The number of ether oxygens (including phenoxy) is 2. The van der Waals surface area contributed by atoms with Crippen LogP contribution in [0.5, 0.6) is 11.5 Å². The summed E-state index contributed by atoms with van der Waals surface area (Å²) in [6.07, 6.45) is 1.93. The molecule has 0 unspecified atom stereocenters. The lowest BCUT2D eigenvalue weighted by molar-refractivity contribution is 0.375.